The molecule has 0 aliphatic carbocycles. The van der Waals surface area contributed by atoms with Gasteiger partial charge in [-0.15, -0.1) is 0 Å². The van der Waals surface area contributed by atoms with Gasteiger partial charge in [0.25, 0.3) is 10.0 Å². The molecule has 0 atom stereocenters. The molecule has 0 saturated carbocycles. The second-order valence-electron chi connectivity index (χ2n) is 6.56. The van der Waals surface area contributed by atoms with Crippen molar-refractivity contribution in [3.63, 3.8) is 0 Å². The third kappa shape index (κ3) is 4.34. The molecule has 31 heavy (non-hydrogen) atoms. The number of hydrogen-bond acceptors (Lipinski definition) is 4. The molecular formula is C22H15Cl2N3O3S. The fourth-order valence-corrected chi connectivity index (χ4v) is 4.31. The van der Waals surface area contributed by atoms with Gasteiger partial charge in [0.15, 0.2) is 6.29 Å². The highest BCUT2D eigenvalue weighted by molar-refractivity contribution is 7.92. The normalized spacial score (nSPS) is 11.3. The second-order valence-corrected chi connectivity index (χ2v) is 9.10. The highest BCUT2D eigenvalue weighted by Crippen LogP contribution is 2.32. The molecule has 0 saturated heterocycles. The molecule has 1 N–H and O–H groups in total. The maximum absolute atomic E-state index is 12.9. The van der Waals surface area contributed by atoms with Crippen LogP contribution in [0.5, 0.6) is 0 Å². The summed E-state index contributed by atoms with van der Waals surface area (Å²) in [6.45, 7) is 0. The van der Waals surface area contributed by atoms with Crippen LogP contribution in [0.4, 0.5) is 0 Å². The van der Waals surface area contributed by atoms with E-state index in [0.717, 1.165) is 4.79 Å². The van der Waals surface area contributed by atoms with Crippen LogP contribution in [0, 0.1) is 0 Å². The lowest BCUT2D eigenvalue weighted by molar-refractivity contribution is 0.112. The van der Waals surface area contributed by atoms with Gasteiger partial charge in [0.05, 0.1) is 10.5 Å². The van der Waals surface area contributed by atoms with Crippen LogP contribution in [0.2, 0.25) is 10.0 Å². The number of aromatic nitrogens is 2. The molecule has 0 bridgehead atoms. The molecule has 0 aliphatic heterocycles. The van der Waals surface area contributed by atoms with E-state index in [0.29, 0.717) is 33.2 Å². The fourth-order valence-electron chi connectivity index (χ4n) is 3.08. The van der Waals surface area contributed by atoms with Crippen molar-refractivity contribution in [2.45, 2.75) is 4.90 Å². The zero-order chi connectivity index (χ0) is 22.0. The molecular weight excluding hydrogens is 457 g/mol. The van der Waals surface area contributed by atoms with Gasteiger partial charge in [0, 0.05) is 21.2 Å². The summed E-state index contributed by atoms with van der Waals surface area (Å²) in [6.07, 6.45) is 0.647. The summed E-state index contributed by atoms with van der Waals surface area (Å²) in [5.41, 5.74) is 2.00. The summed E-state index contributed by atoms with van der Waals surface area (Å²) < 4.78 is 25.9. The van der Waals surface area contributed by atoms with Crippen LogP contribution < -0.4 is 4.83 Å². The Kier molecular flexibility index (Phi) is 5.82. The van der Waals surface area contributed by atoms with Crippen molar-refractivity contribution in [3.8, 4) is 22.5 Å². The summed E-state index contributed by atoms with van der Waals surface area (Å²) in [5, 5.41) is 5.44. The minimum atomic E-state index is -3.97. The number of sulfonamides is 1. The van der Waals surface area contributed by atoms with Crippen molar-refractivity contribution in [3.05, 3.63) is 94.5 Å². The number of rotatable bonds is 6. The van der Waals surface area contributed by atoms with Crippen molar-refractivity contribution < 1.29 is 13.2 Å². The Morgan fingerprint density at radius 3 is 1.90 bits per heavy atom. The number of nitrogens with zero attached hydrogens (tertiary/aromatic N) is 2. The number of carbonyl (C=O) groups excluding carboxylic acids is 1. The van der Waals surface area contributed by atoms with Gasteiger partial charge < -0.3 is 0 Å². The van der Waals surface area contributed by atoms with Crippen LogP contribution in [-0.4, -0.2) is 24.6 Å². The molecule has 0 amide bonds. The van der Waals surface area contributed by atoms with Crippen molar-refractivity contribution in [2.24, 2.45) is 0 Å². The van der Waals surface area contributed by atoms with E-state index in [-0.39, 0.29) is 16.2 Å². The molecule has 0 radical (unpaired) electrons. The highest BCUT2D eigenvalue weighted by atomic mass is 35.5. The highest BCUT2D eigenvalue weighted by Gasteiger charge is 2.24. The Morgan fingerprint density at radius 2 is 1.35 bits per heavy atom. The molecule has 6 nitrogen and oxygen atoms in total. The lowest BCUT2D eigenvalue weighted by Gasteiger charge is -2.11. The minimum absolute atomic E-state index is 0.0632. The van der Waals surface area contributed by atoms with Gasteiger partial charge >= 0.3 is 0 Å². The second kappa shape index (κ2) is 8.55. The van der Waals surface area contributed by atoms with E-state index in [1.807, 2.05) is 0 Å². The third-order valence-electron chi connectivity index (χ3n) is 4.54. The van der Waals surface area contributed by atoms with E-state index in [1.165, 1.54) is 12.1 Å². The first-order valence-electron chi connectivity index (χ1n) is 9.07. The summed E-state index contributed by atoms with van der Waals surface area (Å²) >= 11 is 12.0. The molecule has 1 aromatic heterocycles. The molecule has 0 spiro atoms. The van der Waals surface area contributed by atoms with Gasteiger partial charge in [-0.3, -0.25) is 4.79 Å². The number of halogens is 2. The van der Waals surface area contributed by atoms with Crippen LogP contribution in [0.15, 0.2) is 83.8 Å². The lowest BCUT2D eigenvalue weighted by Crippen LogP contribution is -2.25. The van der Waals surface area contributed by atoms with E-state index in [2.05, 4.69) is 9.93 Å². The van der Waals surface area contributed by atoms with Crippen LogP contribution >= 0.6 is 23.2 Å². The van der Waals surface area contributed by atoms with Crippen LogP contribution in [-0.2, 0) is 10.0 Å². The predicted molar refractivity (Wildman–Crippen MR) is 121 cm³/mol. The van der Waals surface area contributed by atoms with Crippen molar-refractivity contribution in [1.29, 1.82) is 0 Å². The molecule has 9 heteroatoms. The number of carbonyl (C=O) groups is 1. The average molecular weight is 472 g/mol. The number of aldehydes is 1. The molecule has 156 valence electrons. The third-order valence-corrected chi connectivity index (χ3v) is 6.35. The SMILES string of the molecule is O=Cc1c(-c2ccc(Cl)cc2)nn(NS(=O)(=O)c2ccccc2)c1-c1ccc(Cl)cc1. The quantitative estimate of drug-likeness (QED) is 0.388. The molecule has 0 unspecified atom stereocenters. The molecule has 1 heterocycles. The Hall–Kier alpha value is -3.13. The summed E-state index contributed by atoms with van der Waals surface area (Å²) in [7, 11) is -3.97. The number of hydrogen-bond donors (Lipinski definition) is 1. The maximum Gasteiger partial charge on any atom is 0.276 e. The van der Waals surface area contributed by atoms with Crippen LogP contribution in [0.25, 0.3) is 22.5 Å². The standard InChI is InChI=1S/C22H15Cl2N3O3S/c23-17-10-6-15(7-11-17)21-20(14-28)22(16-8-12-18(24)13-9-16)27(25-21)26-31(29,30)19-4-2-1-3-5-19/h1-14,26H. The summed E-state index contributed by atoms with van der Waals surface area (Å²) in [5.74, 6) is 0. The van der Waals surface area contributed by atoms with E-state index >= 15 is 0 Å². The first-order chi connectivity index (χ1) is 14.9. The number of nitrogens with one attached hydrogen (secondary N) is 1. The zero-order valence-electron chi connectivity index (χ0n) is 15.9. The fraction of sp³-hybridized carbons (Fsp3) is 0. The van der Waals surface area contributed by atoms with E-state index in [9.17, 15) is 13.2 Å². The molecule has 0 fully saturated rings. The van der Waals surface area contributed by atoms with Crippen molar-refractivity contribution >= 4 is 39.5 Å². The van der Waals surface area contributed by atoms with Gasteiger partial charge in [-0.05, 0) is 36.4 Å². The van der Waals surface area contributed by atoms with E-state index in [4.69, 9.17) is 23.2 Å². The minimum Gasteiger partial charge on any atom is -0.298 e. The van der Waals surface area contributed by atoms with Crippen molar-refractivity contribution in [1.82, 2.24) is 9.89 Å². The molecule has 4 aromatic rings. The molecule has 4 rings (SSSR count). The van der Waals surface area contributed by atoms with Crippen molar-refractivity contribution in [2.75, 3.05) is 4.83 Å². The topological polar surface area (TPSA) is 81.1 Å². The zero-order valence-corrected chi connectivity index (χ0v) is 18.2. The lowest BCUT2D eigenvalue weighted by atomic mass is 10.0. The largest absolute Gasteiger partial charge is 0.298 e. The Labute approximate surface area is 189 Å². The maximum atomic E-state index is 12.9. The first kappa shape index (κ1) is 21.1. The van der Waals surface area contributed by atoms with E-state index in [1.54, 1.807) is 66.7 Å². The van der Waals surface area contributed by atoms with Gasteiger partial charge in [0.2, 0.25) is 0 Å². The van der Waals surface area contributed by atoms with Gasteiger partial charge in [-0.1, -0.05) is 65.7 Å². The Morgan fingerprint density at radius 1 is 0.806 bits per heavy atom. The van der Waals surface area contributed by atoms with Gasteiger partial charge in [-0.25, -0.2) is 0 Å². The Balaban J connectivity index is 1.91. The van der Waals surface area contributed by atoms with Crippen LogP contribution in [0.3, 0.4) is 0 Å². The summed E-state index contributed by atoms with van der Waals surface area (Å²) in [4.78, 5) is 15.7. The predicted octanol–water partition coefficient (Wildman–Crippen LogP) is 5.27. The first-order valence-corrected chi connectivity index (χ1v) is 11.3. The summed E-state index contributed by atoms with van der Waals surface area (Å²) in [6, 6.07) is 21.3. The smallest absolute Gasteiger partial charge is 0.276 e. The number of benzene rings is 3. The van der Waals surface area contributed by atoms with E-state index < -0.39 is 10.0 Å². The van der Waals surface area contributed by atoms with Crippen LogP contribution in [0.1, 0.15) is 10.4 Å². The Bertz CT molecular complexity index is 1340. The monoisotopic (exact) mass is 471 g/mol. The average Bonchev–Trinajstić information content (AvgIpc) is 3.13. The van der Waals surface area contributed by atoms with Gasteiger partial charge in [0.1, 0.15) is 11.4 Å². The molecule has 3 aromatic carbocycles. The molecule has 0 aliphatic rings. The van der Waals surface area contributed by atoms with Gasteiger partial charge in [-0.2, -0.15) is 23.1 Å².